The Morgan fingerprint density at radius 1 is 1.37 bits per heavy atom. The van der Waals surface area contributed by atoms with Crippen molar-refractivity contribution in [3.63, 3.8) is 0 Å². The molecule has 19 heavy (non-hydrogen) atoms. The van der Waals surface area contributed by atoms with E-state index in [1.165, 1.54) is 11.3 Å². The van der Waals surface area contributed by atoms with Gasteiger partial charge in [0.2, 0.25) is 0 Å². The van der Waals surface area contributed by atoms with Crippen molar-refractivity contribution in [2.24, 2.45) is 10.9 Å². The van der Waals surface area contributed by atoms with Gasteiger partial charge in [-0.2, -0.15) is 0 Å². The number of hydrogen-bond acceptors (Lipinski definition) is 4. The molecule has 2 rings (SSSR count). The van der Waals surface area contributed by atoms with Gasteiger partial charge in [0.1, 0.15) is 0 Å². The maximum atomic E-state index is 12.0. The minimum atomic E-state index is -0.172. The lowest BCUT2D eigenvalue weighted by atomic mass is 10.2. The molecule has 0 bridgehead atoms. The van der Waals surface area contributed by atoms with Crippen molar-refractivity contribution in [1.29, 1.82) is 0 Å². The smallest absolute Gasteiger partial charge is 0.265 e. The van der Waals surface area contributed by atoms with Crippen molar-refractivity contribution in [3.8, 4) is 0 Å². The van der Waals surface area contributed by atoms with E-state index in [0.29, 0.717) is 16.1 Å². The summed E-state index contributed by atoms with van der Waals surface area (Å²) in [7, 11) is 0. The van der Waals surface area contributed by atoms with E-state index in [9.17, 15) is 4.79 Å². The topological polar surface area (TPSA) is 87.7 Å². The number of aryl methyl sites for hydroxylation is 1. The molecule has 2 aromatic rings. The number of amidine groups is 1. The molecule has 0 aliphatic rings. The molecule has 0 unspecified atom stereocenters. The van der Waals surface area contributed by atoms with Crippen LogP contribution < -0.4 is 11.1 Å². The number of anilines is 1. The zero-order chi connectivity index (χ0) is 13.8. The number of nitrogens with two attached hydrogens (primary N) is 1. The number of carbonyl (C=O) groups is 1. The number of hydrogen-bond donors (Lipinski definition) is 3. The van der Waals surface area contributed by atoms with E-state index in [1.54, 1.807) is 30.3 Å². The molecule has 0 saturated heterocycles. The van der Waals surface area contributed by atoms with Crippen molar-refractivity contribution in [1.82, 2.24) is 0 Å². The van der Waals surface area contributed by atoms with Gasteiger partial charge in [0.25, 0.3) is 5.91 Å². The Labute approximate surface area is 114 Å². The fourth-order valence-corrected chi connectivity index (χ4v) is 2.33. The van der Waals surface area contributed by atoms with Crippen molar-refractivity contribution in [3.05, 3.63) is 51.7 Å². The molecular weight excluding hydrogens is 262 g/mol. The van der Waals surface area contributed by atoms with E-state index in [0.717, 1.165) is 4.88 Å². The van der Waals surface area contributed by atoms with E-state index in [-0.39, 0.29) is 11.7 Å². The molecule has 0 spiro atoms. The maximum Gasteiger partial charge on any atom is 0.265 e. The van der Waals surface area contributed by atoms with Crippen LogP contribution in [-0.2, 0) is 0 Å². The first-order valence-corrected chi connectivity index (χ1v) is 6.37. The summed E-state index contributed by atoms with van der Waals surface area (Å²) in [5.41, 5.74) is 6.64. The summed E-state index contributed by atoms with van der Waals surface area (Å²) in [4.78, 5) is 13.7. The molecule has 1 heterocycles. The Bertz CT molecular complexity index is 634. The normalized spacial score (nSPS) is 11.3. The molecule has 98 valence electrons. The van der Waals surface area contributed by atoms with Crippen LogP contribution in [-0.4, -0.2) is 17.0 Å². The molecule has 6 heteroatoms. The lowest BCUT2D eigenvalue weighted by Crippen LogP contribution is -2.14. The first-order valence-electron chi connectivity index (χ1n) is 5.56. The largest absolute Gasteiger partial charge is 0.409 e. The molecule has 4 N–H and O–H groups in total. The zero-order valence-electron chi connectivity index (χ0n) is 10.3. The van der Waals surface area contributed by atoms with Crippen LogP contribution in [0.1, 0.15) is 20.1 Å². The van der Waals surface area contributed by atoms with Crippen LogP contribution in [0.25, 0.3) is 0 Å². The lowest BCUT2D eigenvalue weighted by Gasteiger charge is -2.05. The maximum absolute atomic E-state index is 12.0. The van der Waals surface area contributed by atoms with Gasteiger partial charge in [-0.1, -0.05) is 17.3 Å². The Kier molecular flexibility index (Phi) is 3.82. The Morgan fingerprint density at radius 3 is 2.79 bits per heavy atom. The number of thiophene rings is 1. The molecule has 0 radical (unpaired) electrons. The number of amides is 1. The van der Waals surface area contributed by atoms with Crippen LogP contribution in [0.3, 0.4) is 0 Å². The second kappa shape index (κ2) is 5.53. The molecule has 0 saturated carbocycles. The van der Waals surface area contributed by atoms with Crippen molar-refractivity contribution in [2.75, 3.05) is 5.32 Å². The Hall–Kier alpha value is -2.34. The van der Waals surface area contributed by atoms with Crippen molar-refractivity contribution in [2.45, 2.75) is 6.92 Å². The third kappa shape index (κ3) is 3.11. The molecule has 0 fully saturated rings. The van der Waals surface area contributed by atoms with Gasteiger partial charge in [-0.3, -0.25) is 4.79 Å². The summed E-state index contributed by atoms with van der Waals surface area (Å²) < 4.78 is 0. The third-order valence-electron chi connectivity index (χ3n) is 2.49. The summed E-state index contributed by atoms with van der Waals surface area (Å²) in [6.45, 7) is 1.94. The molecule has 5 nitrogen and oxygen atoms in total. The van der Waals surface area contributed by atoms with Gasteiger partial charge in [0.05, 0.1) is 4.88 Å². The number of benzene rings is 1. The first-order chi connectivity index (χ1) is 9.10. The van der Waals surface area contributed by atoms with Crippen LogP contribution in [0, 0.1) is 6.92 Å². The monoisotopic (exact) mass is 275 g/mol. The minimum Gasteiger partial charge on any atom is -0.409 e. The van der Waals surface area contributed by atoms with E-state index in [4.69, 9.17) is 10.9 Å². The van der Waals surface area contributed by atoms with Crippen LogP contribution in [0.4, 0.5) is 5.69 Å². The average molecular weight is 275 g/mol. The van der Waals surface area contributed by atoms with Crippen molar-refractivity contribution < 1.29 is 10.0 Å². The van der Waals surface area contributed by atoms with E-state index in [2.05, 4.69) is 10.5 Å². The number of rotatable bonds is 3. The first kappa shape index (κ1) is 13.1. The second-order valence-electron chi connectivity index (χ2n) is 3.93. The number of nitrogens with one attached hydrogen (secondary N) is 1. The quantitative estimate of drug-likeness (QED) is 0.348. The van der Waals surface area contributed by atoms with Gasteiger partial charge in [-0.25, -0.2) is 0 Å². The van der Waals surface area contributed by atoms with Gasteiger partial charge in [0, 0.05) is 16.1 Å². The summed E-state index contributed by atoms with van der Waals surface area (Å²) >= 11 is 1.43. The van der Waals surface area contributed by atoms with Gasteiger partial charge in [-0.15, -0.1) is 11.3 Å². The zero-order valence-corrected chi connectivity index (χ0v) is 11.1. The van der Waals surface area contributed by atoms with Crippen LogP contribution in [0.5, 0.6) is 0 Å². The molecular formula is C13H13N3O2S. The molecule has 1 amide bonds. The predicted octanol–water partition coefficient (Wildman–Crippen LogP) is 2.40. The number of carbonyl (C=O) groups excluding carboxylic acids is 1. The molecule has 0 aliphatic heterocycles. The fourth-order valence-electron chi connectivity index (χ4n) is 1.56. The highest BCUT2D eigenvalue weighted by Gasteiger charge is 2.09. The highest BCUT2D eigenvalue weighted by Crippen LogP contribution is 2.17. The van der Waals surface area contributed by atoms with Gasteiger partial charge >= 0.3 is 0 Å². The summed E-state index contributed by atoms with van der Waals surface area (Å²) in [6.07, 6.45) is 0. The van der Waals surface area contributed by atoms with Crippen molar-refractivity contribution >= 4 is 28.8 Å². The third-order valence-corrected chi connectivity index (χ3v) is 3.49. The van der Waals surface area contributed by atoms with Gasteiger partial charge < -0.3 is 16.3 Å². The number of oxime groups is 1. The van der Waals surface area contributed by atoms with E-state index >= 15 is 0 Å². The van der Waals surface area contributed by atoms with Gasteiger partial charge in [-0.05, 0) is 31.2 Å². The molecule has 1 aromatic heterocycles. The van der Waals surface area contributed by atoms with E-state index in [1.807, 2.05) is 13.0 Å². The average Bonchev–Trinajstić information content (AvgIpc) is 2.85. The summed E-state index contributed by atoms with van der Waals surface area (Å²) in [6, 6.07) is 10.5. The fraction of sp³-hybridized carbons (Fsp3) is 0.0769. The highest BCUT2D eigenvalue weighted by atomic mass is 32.1. The lowest BCUT2D eigenvalue weighted by molar-refractivity contribution is 0.103. The van der Waals surface area contributed by atoms with Gasteiger partial charge in [0.15, 0.2) is 5.84 Å². The molecule has 0 atom stereocenters. The summed E-state index contributed by atoms with van der Waals surface area (Å²) in [5.74, 6) is -0.169. The Morgan fingerprint density at radius 2 is 2.16 bits per heavy atom. The Balaban J connectivity index is 2.17. The van der Waals surface area contributed by atoms with Crippen LogP contribution in [0.2, 0.25) is 0 Å². The SMILES string of the molecule is Cc1ccc(C(=O)Nc2cccc(/C(N)=N/O)c2)s1. The highest BCUT2D eigenvalue weighted by molar-refractivity contribution is 7.14. The molecule has 0 aliphatic carbocycles. The standard InChI is InChI=1S/C13H13N3O2S/c1-8-5-6-11(19-8)13(17)15-10-4-2-3-9(7-10)12(14)16-18/h2-7,18H,1H3,(H2,14,16)(H,15,17). The minimum absolute atomic E-state index is 0.00284. The van der Waals surface area contributed by atoms with Crippen LogP contribution in [0.15, 0.2) is 41.6 Å². The summed E-state index contributed by atoms with van der Waals surface area (Å²) in [5, 5.41) is 14.3. The van der Waals surface area contributed by atoms with E-state index < -0.39 is 0 Å². The second-order valence-corrected chi connectivity index (χ2v) is 5.22. The molecule has 1 aromatic carbocycles. The number of nitrogens with zero attached hydrogens (tertiary/aromatic N) is 1. The van der Waals surface area contributed by atoms with Crippen LogP contribution >= 0.6 is 11.3 Å². The predicted molar refractivity (Wildman–Crippen MR) is 76.0 cm³/mol.